The highest BCUT2D eigenvalue weighted by Crippen LogP contribution is 2.35. The third-order valence-corrected chi connectivity index (χ3v) is 6.09. The average Bonchev–Trinajstić information content (AvgIpc) is 2.70. The van der Waals surface area contributed by atoms with Crippen LogP contribution in [0.1, 0.15) is 16.7 Å². The molecule has 0 amide bonds. The Balaban J connectivity index is 1.77. The zero-order valence-electron chi connectivity index (χ0n) is 14.7. The SMILES string of the molecule is OCc1ccc(Cc2ccccc2OC2SC(CO)C(O)C(O)C2O)cc1. The van der Waals surface area contributed by atoms with Crippen molar-refractivity contribution in [1.29, 1.82) is 0 Å². The molecule has 0 radical (unpaired) electrons. The van der Waals surface area contributed by atoms with E-state index in [2.05, 4.69) is 0 Å². The van der Waals surface area contributed by atoms with E-state index in [0.717, 1.165) is 28.5 Å². The second-order valence-corrected chi connectivity index (χ2v) is 7.92. The Morgan fingerprint density at radius 3 is 2.15 bits per heavy atom. The molecule has 3 rings (SSSR count). The summed E-state index contributed by atoms with van der Waals surface area (Å²) in [7, 11) is 0. The first-order valence-corrected chi connectivity index (χ1v) is 9.71. The Morgan fingerprint density at radius 1 is 0.815 bits per heavy atom. The molecule has 1 fully saturated rings. The van der Waals surface area contributed by atoms with Crippen LogP contribution in [0.5, 0.6) is 5.75 Å². The van der Waals surface area contributed by atoms with Gasteiger partial charge in [-0.2, -0.15) is 0 Å². The topological polar surface area (TPSA) is 110 Å². The van der Waals surface area contributed by atoms with Crippen molar-refractivity contribution in [2.75, 3.05) is 6.61 Å². The van der Waals surface area contributed by atoms with Crippen molar-refractivity contribution in [1.82, 2.24) is 0 Å². The van der Waals surface area contributed by atoms with Gasteiger partial charge in [0, 0.05) is 6.42 Å². The molecule has 7 heteroatoms. The van der Waals surface area contributed by atoms with Gasteiger partial charge >= 0.3 is 0 Å². The lowest BCUT2D eigenvalue weighted by atomic mass is 10.0. The first-order chi connectivity index (χ1) is 13.0. The maximum absolute atomic E-state index is 10.3. The van der Waals surface area contributed by atoms with Gasteiger partial charge in [0.25, 0.3) is 0 Å². The highest BCUT2D eigenvalue weighted by molar-refractivity contribution is 8.00. The summed E-state index contributed by atoms with van der Waals surface area (Å²) < 4.78 is 5.96. The van der Waals surface area contributed by atoms with Gasteiger partial charge in [0.05, 0.1) is 24.6 Å². The number of ether oxygens (including phenoxy) is 1. The molecule has 2 aromatic rings. The van der Waals surface area contributed by atoms with Gasteiger partial charge < -0.3 is 30.3 Å². The van der Waals surface area contributed by atoms with Crippen LogP contribution in [0.25, 0.3) is 0 Å². The summed E-state index contributed by atoms with van der Waals surface area (Å²) in [6.07, 6.45) is -3.27. The molecule has 0 aromatic heterocycles. The summed E-state index contributed by atoms with van der Waals surface area (Å²) in [6.45, 7) is -0.328. The lowest BCUT2D eigenvalue weighted by molar-refractivity contribution is -0.0910. The Kier molecular flexibility index (Phi) is 6.75. The molecule has 0 saturated carbocycles. The predicted octanol–water partition coefficient (Wildman–Crippen LogP) is 0.665. The van der Waals surface area contributed by atoms with E-state index >= 15 is 0 Å². The molecule has 1 heterocycles. The first kappa shape index (κ1) is 20.1. The molecule has 0 bridgehead atoms. The fraction of sp³-hybridized carbons (Fsp3) is 0.400. The van der Waals surface area contributed by atoms with E-state index in [4.69, 9.17) is 9.84 Å². The van der Waals surface area contributed by atoms with Crippen molar-refractivity contribution in [3.63, 3.8) is 0 Å². The second-order valence-electron chi connectivity index (χ2n) is 6.57. The Hall–Kier alpha value is -1.61. The smallest absolute Gasteiger partial charge is 0.173 e. The highest BCUT2D eigenvalue weighted by atomic mass is 32.2. The molecule has 0 spiro atoms. The monoisotopic (exact) mass is 392 g/mol. The summed E-state index contributed by atoms with van der Waals surface area (Å²) in [5, 5.41) is 48.1. The van der Waals surface area contributed by atoms with Crippen molar-refractivity contribution in [2.24, 2.45) is 0 Å². The van der Waals surface area contributed by atoms with Gasteiger partial charge in [-0.1, -0.05) is 42.5 Å². The van der Waals surface area contributed by atoms with Crippen LogP contribution in [-0.4, -0.2) is 61.1 Å². The summed E-state index contributed by atoms with van der Waals surface area (Å²) in [5.74, 6) is 0.570. The molecule has 0 aliphatic carbocycles. The number of hydrogen-bond acceptors (Lipinski definition) is 7. The number of aliphatic hydroxyl groups is 5. The largest absolute Gasteiger partial charge is 0.477 e. The van der Waals surface area contributed by atoms with Gasteiger partial charge in [0.1, 0.15) is 18.0 Å². The van der Waals surface area contributed by atoms with Gasteiger partial charge in [0.2, 0.25) is 0 Å². The number of hydrogen-bond donors (Lipinski definition) is 5. The van der Waals surface area contributed by atoms with E-state index in [0.29, 0.717) is 12.2 Å². The molecule has 1 saturated heterocycles. The molecular formula is C20H24O6S. The van der Waals surface area contributed by atoms with E-state index in [1.165, 1.54) is 0 Å². The lowest BCUT2D eigenvalue weighted by Crippen LogP contribution is -2.55. The molecule has 6 nitrogen and oxygen atoms in total. The minimum absolute atomic E-state index is 0.00300. The van der Waals surface area contributed by atoms with Crippen molar-refractivity contribution in [3.8, 4) is 5.75 Å². The summed E-state index contributed by atoms with van der Waals surface area (Å²) in [4.78, 5) is 0. The Morgan fingerprint density at radius 2 is 1.48 bits per heavy atom. The molecule has 5 atom stereocenters. The van der Waals surface area contributed by atoms with Crippen LogP contribution in [0, 0.1) is 0 Å². The zero-order chi connectivity index (χ0) is 19.4. The molecule has 1 aliphatic rings. The van der Waals surface area contributed by atoms with E-state index in [1.54, 1.807) is 6.07 Å². The highest BCUT2D eigenvalue weighted by Gasteiger charge is 2.44. The van der Waals surface area contributed by atoms with Crippen LogP contribution >= 0.6 is 11.8 Å². The quantitative estimate of drug-likeness (QED) is 0.491. The predicted molar refractivity (Wildman–Crippen MR) is 103 cm³/mol. The van der Waals surface area contributed by atoms with Crippen molar-refractivity contribution in [2.45, 2.75) is 42.0 Å². The molecule has 5 unspecified atom stereocenters. The standard InChI is InChI=1S/C20H24O6S/c21-10-13-7-5-12(6-8-13)9-14-3-1-2-4-15(14)26-20-19(25)18(24)17(23)16(11-22)27-20/h1-8,16-25H,9-11H2. The lowest BCUT2D eigenvalue weighted by Gasteiger charge is -2.39. The maximum Gasteiger partial charge on any atom is 0.173 e. The van der Waals surface area contributed by atoms with Crippen LogP contribution in [0.4, 0.5) is 0 Å². The maximum atomic E-state index is 10.3. The second kappa shape index (κ2) is 9.05. The molecule has 2 aromatic carbocycles. The molecule has 146 valence electrons. The third-order valence-electron chi connectivity index (χ3n) is 4.66. The van der Waals surface area contributed by atoms with Gasteiger partial charge in [-0.25, -0.2) is 0 Å². The number of aliphatic hydroxyl groups excluding tert-OH is 5. The van der Waals surface area contributed by atoms with Crippen molar-refractivity contribution >= 4 is 11.8 Å². The van der Waals surface area contributed by atoms with Gasteiger partial charge in [-0.3, -0.25) is 0 Å². The molecule has 5 N–H and O–H groups in total. The minimum Gasteiger partial charge on any atom is -0.477 e. The normalized spacial score (nSPS) is 28.1. The fourth-order valence-corrected chi connectivity index (χ4v) is 4.27. The van der Waals surface area contributed by atoms with Crippen molar-refractivity contribution < 1.29 is 30.3 Å². The molecule has 27 heavy (non-hydrogen) atoms. The van der Waals surface area contributed by atoms with E-state index in [-0.39, 0.29) is 13.2 Å². The average molecular weight is 392 g/mol. The van der Waals surface area contributed by atoms with Gasteiger partial charge in [0.15, 0.2) is 5.44 Å². The van der Waals surface area contributed by atoms with Crippen LogP contribution in [0.2, 0.25) is 0 Å². The third kappa shape index (κ3) is 4.63. The summed E-state index contributed by atoms with van der Waals surface area (Å²) >= 11 is 1.11. The van der Waals surface area contributed by atoms with Crippen LogP contribution in [-0.2, 0) is 13.0 Å². The Bertz CT molecular complexity index is 736. The van der Waals surface area contributed by atoms with Crippen LogP contribution in [0.15, 0.2) is 48.5 Å². The van der Waals surface area contributed by atoms with E-state index in [1.807, 2.05) is 42.5 Å². The van der Waals surface area contributed by atoms with Crippen LogP contribution in [0.3, 0.4) is 0 Å². The molecular weight excluding hydrogens is 368 g/mol. The number of benzene rings is 2. The van der Waals surface area contributed by atoms with Crippen LogP contribution < -0.4 is 4.74 Å². The number of rotatable bonds is 6. The van der Waals surface area contributed by atoms with E-state index in [9.17, 15) is 20.4 Å². The molecule has 1 aliphatic heterocycles. The van der Waals surface area contributed by atoms with E-state index < -0.39 is 29.0 Å². The van der Waals surface area contributed by atoms with Gasteiger partial charge in [-0.15, -0.1) is 11.8 Å². The van der Waals surface area contributed by atoms with Gasteiger partial charge in [-0.05, 0) is 22.8 Å². The summed E-state index contributed by atoms with van der Waals surface area (Å²) in [6, 6.07) is 15.0. The number of thioether (sulfide) groups is 1. The minimum atomic E-state index is -1.38. The number of para-hydroxylation sites is 1. The Labute approximate surface area is 162 Å². The first-order valence-electron chi connectivity index (χ1n) is 8.77. The summed E-state index contributed by atoms with van der Waals surface area (Å²) in [5.41, 5.74) is 1.98. The van der Waals surface area contributed by atoms with Crippen molar-refractivity contribution in [3.05, 3.63) is 65.2 Å². The fourth-order valence-electron chi connectivity index (χ4n) is 3.04. The zero-order valence-corrected chi connectivity index (χ0v) is 15.5.